The second kappa shape index (κ2) is 3.52. The molecule has 1 fully saturated rings. The first-order valence-corrected chi connectivity index (χ1v) is 4.67. The van der Waals surface area contributed by atoms with Gasteiger partial charge in [0, 0.05) is 25.6 Å². The summed E-state index contributed by atoms with van der Waals surface area (Å²) in [7, 11) is 1.69. The Morgan fingerprint density at radius 1 is 1.43 bits per heavy atom. The van der Waals surface area contributed by atoms with Crippen molar-refractivity contribution >= 4 is 6.29 Å². The van der Waals surface area contributed by atoms with Crippen molar-refractivity contribution in [2.75, 3.05) is 13.7 Å². The Balaban J connectivity index is 2.27. The zero-order valence-corrected chi connectivity index (χ0v) is 8.12. The Morgan fingerprint density at radius 2 is 2.07 bits per heavy atom. The van der Waals surface area contributed by atoms with E-state index in [4.69, 9.17) is 4.74 Å². The van der Waals surface area contributed by atoms with Crippen molar-refractivity contribution < 1.29 is 9.53 Å². The minimum Gasteiger partial charge on any atom is -0.360 e. The van der Waals surface area contributed by atoms with Crippen LogP contribution in [0.15, 0.2) is 24.3 Å². The minimum absolute atomic E-state index is 0.318. The summed E-state index contributed by atoms with van der Waals surface area (Å²) >= 11 is 0. The number of methoxy groups -OCH3 is 1. The maximum absolute atomic E-state index is 10.5. The van der Waals surface area contributed by atoms with E-state index in [1.807, 2.05) is 24.3 Å². The lowest BCUT2D eigenvalue weighted by atomic mass is 9.92. The fourth-order valence-electron chi connectivity index (χ4n) is 1.72. The number of hydrogen-bond acceptors (Lipinski definition) is 3. The number of nitrogens with one attached hydrogen (secondary N) is 1. The highest BCUT2D eigenvalue weighted by atomic mass is 16.5. The van der Waals surface area contributed by atoms with Gasteiger partial charge in [-0.1, -0.05) is 24.3 Å². The predicted octanol–water partition coefficient (Wildman–Crippen LogP) is 1.29. The van der Waals surface area contributed by atoms with E-state index in [1.165, 1.54) is 0 Å². The van der Waals surface area contributed by atoms with Gasteiger partial charge >= 0.3 is 0 Å². The Labute approximate surface area is 83.1 Å². The monoisotopic (exact) mass is 191 g/mol. The Morgan fingerprint density at radius 3 is 2.43 bits per heavy atom. The van der Waals surface area contributed by atoms with Gasteiger partial charge in [0.25, 0.3) is 0 Å². The molecule has 1 aliphatic rings. The van der Waals surface area contributed by atoms with Gasteiger partial charge in [0.15, 0.2) is 0 Å². The summed E-state index contributed by atoms with van der Waals surface area (Å²) in [6.45, 7) is 0.975. The molecule has 2 rings (SSSR count). The molecule has 1 aromatic rings. The van der Waals surface area contributed by atoms with E-state index < -0.39 is 0 Å². The summed E-state index contributed by atoms with van der Waals surface area (Å²) in [6, 6.07) is 7.48. The van der Waals surface area contributed by atoms with E-state index >= 15 is 0 Å². The molecule has 74 valence electrons. The molecular weight excluding hydrogens is 178 g/mol. The third-order valence-corrected chi connectivity index (χ3v) is 2.75. The number of carbonyl (C=O) groups excluding carboxylic acids is 1. The fourth-order valence-corrected chi connectivity index (χ4v) is 1.72. The molecule has 0 saturated carbocycles. The smallest absolute Gasteiger partial charge is 0.150 e. The van der Waals surface area contributed by atoms with Crippen LogP contribution in [0.4, 0.5) is 0 Å². The van der Waals surface area contributed by atoms with Crippen molar-refractivity contribution in [1.29, 1.82) is 0 Å². The number of hydrogen-bond donors (Lipinski definition) is 1. The third-order valence-electron chi connectivity index (χ3n) is 2.75. The Kier molecular flexibility index (Phi) is 2.35. The molecule has 0 amide bonds. The van der Waals surface area contributed by atoms with E-state index in [0.29, 0.717) is 5.56 Å². The van der Waals surface area contributed by atoms with Gasteiger partial charge in [-0.25, -0.2) is 0 Å². The van der Waals surface area contributed by atoms with Gasteiger partial charge in [0.2, 0.25) is 0 Å². The number of rotatable bonds is 3. The standard InChI is InChI=1S/C11H13NO2/c1-14-11(6-7-12-11)10-4-2-9(8-13)3-5-10/h2-5,8,12H,6-7H2,1H3/t11-/m1/s1. The van der Waals surface area contributed by atoms with Crippen molar-refractivity contribution in [3.63, 3.8) is 0 Å². The zero-order valence-electron chi connectivity index (χ0n) is 8.12. The first-order valence-electron chi connectivity index (χ1n) is 4.67. The highest BCUT2D eigenvalue weighted by Gasteiger charge is 2.38. The number of carbonyl (C=O) groups is 1. The topological polar surface area (TPSA) is 38.3 Å². The van der Waals surface area contributed by atoms with Gasteiger partial charge in [-0.3, -0.25) is 10.1 Å². The second-order valence-corrected chi connectivity index (χ2v) is 3.45. The molecule has 1 saturated heterocycles. The first kappa shape index (κ1) is 9.37. The van der Waals surface area contributed by atoms with Gasteiger partial charge in [-0.05, 0) is 5.56 Å². The van der Waals surface area contributed by atoms with Crippen molar-refractivity contribution in [1.82, 2.24) is 5.32 Å². The SMILES string of the molecule is CO[C@@]1(c2ccc(C=O)cc2)CCN1. The Hall–Kier alpha value is -1.19. The third kappa shape index (κ3) is 1.35. The molecule has 1 heterocycles. The summed E-state index contributed by atoms with van der Waals surface area (Å²) in [5, 5.41) is 3.25. The fraction of sp³-hybridized carbons (Fsp3) is 0.364. The number of benzene rings is 1. The lowest BCUT2D eigenvalue weighted by Gasteiger charge is -2.42. The van der Waals surface area contributed by atoms with Crippen LogP contribution in [0.25, 0.3) is 0 Å². The largest absolute Gasteiger partial charge is 0.360 e. The van der Waals surface area contributed by atoms with Gasteiger partial charge < -0.3 is 4.74 Å². The molecule has 14 heavy (non-hydrogen) atoms. The van der Waals surface area contributed by atoms with Gasteiger partial charge in [-0.15, -0.1) is 0 Å². The molecule has 0 aliphatic carbocycles. The van der Waals surface area contributed by atoms with Crippen LogP contribution < -0.4 is 5.32 Å². The molecule has 1 atom stereocenters. The molecule has 3 heteroatoms. The van der Waals surface area contributed by atoms with Gasteiger partial charge in [0.1, 0.15) is 12.0 Å². The normalized spacial score (nSPS) is 25.5. The molecule has 0 aromatic heterocycles. The van der Waals surface area contributed by atoms with Gasteiger partial charge in [-0.2, -0.15) is 0 Å². The first-order chi connectivity index (χ1) is 6.80. The predicted molar refractivity (Wildman–Crippen MR) is 53.1 cm³/mol. The van der Waals surface area contributed by atoms with Gasteiger partial charge in [0.05, 0.1) is 0 Å². The lowest BCUT2D eigenvalue weighted by Crippen LogP contribution is -2.55. The molecule has 0 spiro atoms. The van der Waals surface area contributed by atoms with E-state index in [1.54, 1.807) is 7.11 Å². The lowest BCUT2D eigenvalue weighted by molar-refractivity contribution is -0.0971. The quantitative estimate of drug-likeness (QED) is 0.732. The van der Waals surface area contributed by atoms with E-state index in [2.05, 4.69) is 5.32 Å². The molecular formula is C11H13NO2. The van der Waals surface area contributed by atoms with Crippen LogP contribution in [0.3, 0.4) is 0 Å². The molecule has 1 aliphatic heterocycles. The molecule has 1 aromatic carbocycles. The van der Waals surface area contributed by atoms with Crippen LogP contribution in [-0.2, 0) is 10.5 Å². The van der Waals surface area contributed by atoms with Crippen molar-refractivity contribution in [2.45, 2.75) is 12.1 Å². The average molecular weight is 191 g/mol. The summed E-state index contributed by atoms with van der Waals surface area (Å²) in [4.78, 5) is 10.5. The van der Waals surface area contributed by atoms with Crippen LogP contribution in [-0.4, -0.2) is 19.9 Å². The average Bonchev–Trinajstić information content (AvgIpc) is 2.18. The van der Waals surface area contributed by atoms with Crippen LogP contribution in [0.1, 0.15) is 22.3 Å². The maximum Gasteiger partial charge on any atom is 0.150 e. The number of aldehydes is 1. The maximum atomic E-state index is 10.5. The van der Waals surface area contributed by atoms with Crippen LogP contribution in [0.5, 0.6) is 0 Å². The summed E-state index contributed by atoms with van der Waals surface area (Å²) in [5.41, 5.74) is 1.46. The minimum atomic E-state index is -0.318. The summed E-state index contributed by atoms with van der Waals surface area (Å²) in [5.74, 6) is 0. The zero-order chi connectivity index (χ0) is 10.0. The second-order valence-electron chi connectivity index (χ2n) is 3.45. The van der Waals surface area contributed by atoms with Crippen molar-refractivity contribution in [2.24, 2.45) is 0 Å². The van der Waals surface area contributed by atoms with Crippen molar-refractivity contribution in [3.05, 3.63) is 35.4 Å². The summed E-state index contributed by atoms with van der Waals surface area (Å²) in [6.07, 6.45) is 1.82. The van der Waals surface area contributed by atoms with E-state index in [9.17, 15) is 4.79 Å². The van der Waals surface area contributed by atoms with Crippen LogP contribution in [0, 0.1) is 0 Å². The van der Waals surface area contributed by atoms with E-state index in [-0.39, 0.29) is 5.72 Å². The molecule has 0 unspecified atom stereocenters. The van der Waals surface area contributed by atoms with Crippen molar-refractivity contribution in [3.8, 4) is 0 Å². The molecule has 1 N–H and O–H groups in total. The molecule has 0 radical (unpaired) electrons. The highest BCUT2D eigenvalue weighted by Crippen LogP contribution is 2.31. The highest BCUT2D eigenvalue weighted by molar-refractivity contribution is 5.74. The summed E-state index contributed by atoms with van der Waals surface area (Å²) < 4.78 is 5.43. The van der Waals surface area contributed by atoms with Crippen LogP contribution in [0.2, 0.25) is 0 Å². The Bertz CT molecular complexity index is 322. The van der Waals surface area contributed by atoms with E-state index in [0.717, 1.165) is 24.8 Å². The molecule has 3 nitrogen and oxygen atoms in total. The molecule has 0 bridgehead atoms. The number of ether oxygens (including phenoxy) is 1. The van der Waals surface area contributed by atoms with Crippen LogP contribution >= 0.6 is 0 Å².